The zero-order chi connectivity index (χ0) is 12.5. The van der Waals surface area contributed by atoms with Crippen molar-refractivity contribution in [2.45, 2.75) is 0 Å². The molecule has 1 unspecified atom stereocenters. The monoisotopic (exact) mass is 242 g/mol. The lowest BCUT2D eigenvalue weighted by Crippen LogP contribution is -2.48. The number of hydrogen-bond donors (Lipinski definition) is 1. The van der Waals surface area contributed by atoms with Crippen LogP contribution in [0.2, 0.25) is 0 Å². The van der Waals surface area contributed by atoms with Gasteiger partial charge in [0.05, 0.1) is 17.9 Å². The standard InChI is InChI=1S/C13H14N4O/c14-13(18)11-4-5-12-9-15-6-2-1-3-7-16(10-15)17(12)8-11/h1-6,8-9H,7,10H2,(H2,14,18). The number of nitrogens with zero attached hydrogens (tertiary/aromatic N) is 3. The molecule has 18 heavy (non-hydrogen) atoms. The highest BCUT2D eigenvalue weighted by Gasteiger charge is 2.25. The van der Waals surface area contributed by atoms with Crippen LogP contribution in [-0.2, 0) is 4.79 Å². The number of rotatable bonds is 1. The Balaban J connectivity index is 1.98. The van der Waals surface area contributed by atoms with Crippen LogP contribution in [0.5, 0.6) is 0 Å². The van der Waals surface area contributed by atoms with Crippen molar-refractivity contribution >= 4 is 5.91 Å². The van der Waals surface area contributed by atoms with Gasteiger partial charge in [-0.1, -0.05) is 12.2 Å². The summed E-state index contributed by atoms with van der Waals surface area (Å²) in [6.45, 7) is 1.54. The maximum absolute atomic E-state index is 11.2. The van der Waals surface area contributed by atoms with Gasteiger partial charge in [-0.3, -0.25) is 9.80 Å². The van der Waals surface area contributed by atoms with E-state index in [4.69, 9.17) is 5.73 Å². The molecular weight excluding hydrogens is 228 g/mol. The molecule has 5 heteroatoms. The third kappa shape index (κ3) is 1.84. The van der Waals surface area contributed by atoms with Crippen molar-refractivity contribution in [2.75, 3.05) is 13.2 Å². The summed E-state index contributed by atoms with van der Waals surface area (Å²) < 4.78 is 0. The first-order valence-corrected chi connectivity index (χ1v) is 5.79. The number of hydrogen-bond acceptors (Lipinski definition) is 4. The highest BCUT2D eigenvalue weighted by Crippen LogP contribution is 2.24. The van der Waals surface area contributed by atoms with Crippen molar-refractivity contribution in [3.63, 3.8) is 0 Å². The summed E-state index contributed by atoms with van der Waals surface area (Å²) in [5.74, 6) is -0.407. The van der Waals surface area contributed by atoms with Crippen LogP contribution >= 0.6 is 0 Å². The molecule has 0 radical (unpaired) electrons. The van der Waals surface area contributed by atoms with Gasteiger partial charge < -0.3 is 10.6 Å². The minimum Gasteiger partial charge on any atom is -0.366 e. The van der Waals surface area contributed by atoms with E-state index >= 15 is 0 Å². The van der Waals surface area contributed by atoms with Crippen LogP contribution in [0.3, 0.4) is 0 Å². The van der Waals surface area contributed by atoms with Crippen molar-refractivity contribution in [2.24, 2.45) is 5.73 Å². The number of carbonyl (C=O) groups is 1. The van der Waals surface area contributed by atoms with Gasteiger partial charge in [0.25, 0.3) is 0 Å². The van der Waals surface area contributed by atoms with Crippen LogP contribution in [0.25, 0.3) is 0 Å². The van der Waals surface area contributed by atoms with E-state index in [0.717, 1.165) is 18.9 Å². The second-order valence-electron chi connectivity index (χ2n) is 4.29. The van der Waals surface area contributed by atoms with E-state index in [9.17, 15) is 4.79 Å². The third-order valence-corrected chi connectivity index (χ3v) is 3.01. The molecule has 0 fully saturated rings. The van der Waals surface area contributed by atoms with Gasteiger partial charge in [0.1, 0.15) is 0 Å². The molecule has 5 nitrogen and oxygen atoms in total. The first-order chi connectivity index (χ1) is 8.74. The van der Waals surface area contributed by atoms with Gasteiger partial charge in [0, 0.05) is 25.1 Å². The molecule has 3 aliphatic rings. The Morgan fingerprint density at radius 1 is 1.22 bits per heavy atom. The van der Waals surface area contributed by atoms with Crippen molar-refractivity contribution in [3.05, 3.63) is 60.3 Å². The lowest BCUT2D eigenvalue weighted by molar-refractivity contribution is -0.114. The number of nitrogens with two attached hydrogens (primary N) is 1. The normalized spacial score (nSPS) is 25.0. The molecule has 0 aromatic carbocycles. The molecule has 1 atom stereocenters. The number of fused-ring (bicyclic) bond motifs is 4. The van der Waals surface area contributed by atoms with Gasteiger partial charge in [-0.25, -0.2) is 0 Å². The summed E-state index contributed by atoms with van der Waals surface area (Å²) in [5, 5.41) is 4.10. The number of hydrazine groups is 1. The van der Waals surface area contributed by atoms with E-state index in [2.05, 4.69) is 16.0 Å². The Morgan fingerprint density at radius 3 is 2.94 bits per heavy atom. The summed E-state index contributed by atoms with van der Waals surface area (Å²) in [4.78, 5) is 13.3. The van der Waals surface area contributed by atoms with Gasteiger partial charge in [-0.15, -0.1) is 0 Å². The largest absolute Gasteiger partial charge is 0.366 e. The molecule has 0 spiro atoms. The summed E-state index contributed by atoms with van der Waals surface area (Å²) in [5.41, 5.74) is 6.85. The minimum absolute atomic E-state index is 0.407. The Morgan fingerprint density at radius 2 is 2.11 bits per heavy atom. The first-order valence-electron chi connectivity index (χ1n) is 5.79. The second-order valence-corrected chi connectivity index (χ2v) is 4.29. The summed E-state index contributed by atoms with van der Waals surface area (Å²) >= 11 is 0. The Bertz CT molecular complexity index is 527. The summed E-state index contributed by atoms with van der Waals surface area (Å²) in [6.07, 6.45) is 15.6. The zero-order valence-corrected chi connectivity index (χ0v) is 9.86. The predicted octanol–water partition coefficient (Wildman–Crippen LogP) is 0.642. The van der Waals surface area contributed by atoms with E-state index in [1.807, 2.05) is 35.6 Å². The van der Waals surface area contributed by atoms with E-state index in [0.29, 0.717) is 5.57 Å². The summed E-state index contributed by atoms with van der Waals surface area (Å²) in [7, 11) is 0. The zero-order valence-electron chi connectivity index (χ0n) is 9.86. The molecule has 92 valence electrons. The molecule has 2 bridgehead atoms. The second kappa shape index (κ2) is 4.19. The lowest BCUT2D eigenvalue weighted by atomic mass is 10.1. The number of carbonyl (C=O) groups excluding carboxylic acids is 1. The maximum Gasteiger partial charge on any atom is 0.250 e. The number of allylic oxidation sites excluding steroid dienone is 3. The van der Waals surface area contributed by atoms with E-state index in [1.54, 1.807) is 12.3 Å². The smallest absolute Gasteiger partial charge is 0.250 e. The molecule has 0 aliphatic carbocycles. The van der Waals surface area contributed by atoms with Crippen molar-refractivity contribution < 1.29 is 4.79 Å². The Kier molecular flexibility index (Phi) is 2.53. The van der Waals surface area contributed by atoms with Crippen molar-refractivity contribution in [3.8, 4) is 0 Å². The predicted molar refractivity (Wildman–Crippen MR) is 68.0 cm³/mol. The Labute approximate surface area is 105 Å². The number of amides is 1. The van der Waals surface area contributed by atoms with Crippen LogP contribution in [-0.4, -0.2) is 34.0 Å². The van der Waals surface area contributed by atoms with Gasteiger partial charge in [-0.2, -0.15) is 5.01 Å². The molecule has 3 aliphatic heterocycles. The first kappa shape index (κ1) is 10.9. The maximum atomic E-state index is 11.2. The highest BCUT2D eigenvalue weighted by molar-refractivity contribution is 5.95. The van der Waals surface area contributed by atoms with Crippen LogP contribution < -0.4 is 5.73 Å². The molecule has 0 saturated heterocycles. The quantitative estimate of drug-likeness (QED) is 0.733. The molecule has 0 saturated carbocycles. The fraction of sp³-hybridized carbons (Fsp3) is 0.154. The average Bonchev–Trinajstić information content (AvgIpc) is 2.35. The molecule has 0 aromatic heterocycles. The number of primary amides is 1. The van der Waals surface area contributed by atoms with Crippen LogP contribution in [0.15, 0.2) is 60.3 Å². The highest BCUT2D eigenvalue weighted by atomic mass is 16.1. The van der Waals surface area contributed by atoms with Gasteiger partial charge in [-0.05, 0) is 18.2 Å². The molecule has 2 N–H and O–H groups in total. The molecule has 1 amide bonds. The lowest BCUT2D eigenvalue weighted by Gasteiger charge is -2.42. The van der Waals surface area contributed by atoms with Crippen LogP contribution in [0.1, 0.15) is 0 Å². The fourth-order valence-corrected chi connectivity index (χ4v) is 2.12. The van der Waals surface area contributed by atoms with Crippen LogP contribution in [0, 0.1) is 0 Å². The minimum atomic E-state index is -0.407. The molecular formula is C13H14N4O. The molecule has 3 heterocycles. The van der Waals surface area contributed by atoms with Gasteiger partial charge >= 0.3 is 0 Å². The average molecular weight is 242 g/mol. The SMILES string of the molecule is NC(=O)C1=CN2C(=CN3C=CC=CCN2C3)C=C1. The van der Waals surface area contributed by atoms with E-state index in [-0.39, 0.29) is 0 Å². The topological polar surface area (TPSA) is 52.8 Å². The van der Waals surface area contributed by atoms with Gasteiger partial charge in [0.15, 0.2) is 0 Å². The fourth-order valence-electron chi connectivity index (χ4n) is 2.12. The van der Waals surface area contributed by atoms with Gasteiger partial charge in [0.2, 0.25) is 5.91 Å². The molecule has 3 rings (SSSR count). The van der Waals surface area contributed by atoms with Crippen molar-refractivity contribution in [1.29, 1.82) is 0 Å². The summed E-state index contributed by atoms with van der Waals surface area (Å²) in [6, 6.07) is 0. The molecule has 0 aromatic rings. The van der Waals surface area contributed by atoms with Crippen LogP contribution in [0.4, 0.5) is 0 Å². The van der Waals surface area contributed by atoms with E-state index < -0.39 is 5.91 Å². The van der Waals surface area contributed by atoms with Crippen molar-refractivity contribution in [1.82, 2.24) is 14.9 Å². The Hall–Kier alpha value is -2.27. The third-order valence-electron chi connectivity index (χ3n) is 3.01. The van der Waals surface area contributed by atoms with E-state index in [1.165, 1.54) is 0 Å².